The van der Waals surface area contributed by atoms with Crippen LogP contribution in [0.2, 0.25) is 0 Å². The molecule has 33 heavy (non-hydrogen) atoms. The van der Waals surface area contributed by atoms with Crippen LogP contribution in [0.15, 0.2) is 5.11 Å². The number of carbonyl (C=O) groups excluding carboxylic acids is 4. The lowest BCUT2D eigenvalue weighted by atomic mass is 9.96. The van der Waals surface area contributed by atoms with Gasteiger partial charge in [0.2, 0.25) is 12.2 Å². The number of carbonyl (C=O) groups is 4. The van der Waals surface area contributed by atoms with Crippen LogP contribution in [0.4, 0.5) is 0 Å². The fourth-order valence-corrected chi connectivity index (χ4v) is 3.14. The number of rotatable bonds is 13. The molecule has 0 saturated carbocycles. The van der Waals surface area contributed by atoms with E-state index in [1.54, 1.807) is 20.8 Å². The standard InChI is InChI=1S/C20H32N4O9/c1-4-7-14(27)31-18-12(11-25)30-20(33-16(29)9-6-3)17(23-13(26)10-22-24-21)19(18)32-15(28)8-5-2/h12,17-20,25H,4-11H2,1-3H3,(H,23,26)/t12-,17+,18-,19-,20?/m1/s1. The Kier molecular flexibility index (Phi) is 12.8. The number of ether oxygens (including phenoxy) is 4. The Morgan fingerprint density at radius 2 is 1.45 bits per heavy atom. The molecule has 2 N–H and O–H groups in total. The molecule has 0 aromatic heterocycles. The first-order valence-corrected chi connectivity index (χ1v) is 11.0. The zero-order valence-corrected chi connectivity index (χ0v) is 19.1. The van der Waals surface area contributed by atoms with Gasteiger partial charge in [0.15, 0.2) is 12.2 Å². The van der Waals surface area contributed by atoms with Crippen molar-refractivity contribution < 1.29 is 43.2 Å². The fraction of sp³-hybridized carbons (Fsp3) is 0.800. The quantitative estimate of drug-likeness (QED) is 0.131. The molecule has 5 atom stereocenters. The molecule has 1 rings (SSSR count). The number of aliphatic hydroxyl groups excluding tert-OH is 1. The van der Waals surface area contributed by atoms with Gasteiger partial charge < -0.3 is 29.4 Å². The second-order valence-electron chi connectivity index (χ2n) is 7.36. The Morgan fingerprint density at radius 3 is 1.94 bits per heavy atom. The first-order chi connectivity index (χ1) is 15.8. The van der Waals surface area contributed by atoms with Gasteiger partial charge in [0, 0.05) is 24.2 Å². The minimum absolute atomic E-state index is 0.0382. The Bertz CT molecular complexity index is 726. The van der Waals surface area contributed by atoms with Crippen LogP contribution in [0, 0.1) is 0 Å². The summed E-state index contributed by atoms with van der Waals surface area (Å²) < 4.78 is 22.0. The maximum atomic E-state index is 12.3. The van der Waals surface area contributed by atoms with Crippen molar-refractivity contribution in [1.29, 1.82) is 0 Å². The Morgan fingerprint density at radius 1 is 0.939 bits per heavy atom. The van der Waals surface area contributed by atoms with Crippen LogP contribution in [0.25, 0.3) is 10.4 Å². The molecule has 1 aliphatic heterocycles. The largest absolute Gasteiger partial charge is 0.456 e. The Hall–Kier alpha value is -2.89. The second kappa shape index (κ2) is 15.0. The predicted octanol–water partition coefficient (Wildman–Crippen LogP) is 1.27. The van der Waals surface area contributed by atoms with Crippen LogP contribution in [0.5, 0.6) is 0 Å². The van der Waals surface area contributed by atoms with Crippen LogP contribution in [-0.4, -0.2) is 72.7 Å². The van der Waals surface area contributed by atoms with Crippen molar-refractivity contribution in [1.82, 2.24) is 5.32 Å². The van der Waals surface area contributed by atoms with Gasteiger partial charge >= 0.3 is 17.9 Å². The molecule has 0 aliphatic carbocycles. The van der Waals surface area contributed by atoms with E-state index in [0.717, 1.165) is 0 Å². The third-order valence-corrected chi connectivity index (χ3v) is 4.58. The summed E-state index contributed by atoms with van der Waals surface area (Å²) in [5.74, 6) is -2.68. The van der Waals surface area contributed by atoms with E-state index in [1.165, 1.54) is 0 Å². The molecular weight excluding hydrogens is 440 g/mol. The van der Waals surface area contributed by atoms with Gasteiger partial charge in [-0.1, -0.05) is 25.9 Å². The number of esters is 3. The van der Waals surface area contributed by atoms with Crippen LogP contribution < -0.4 is 5.32 Å². The Labute approximate surface area is 191 Å². The van der Waals surface area contributed by atoms with Crippen molar-refractivity contribution in [3.8, 4) is 0 Å². The number of amides is 1. The van der Waals surface area contributed by atoms with E-state index in [-0.39, 0.29) is 19.3 Å². The fourth-order valence-electron chi connectivity index (χ4n) is 3.14. The van der Waals surface area contributed by atoms with Gasteiger partial charge in [-0.15, -0.1) is 0 Å². The summed E-state index contributed by atoms with van der Waals surface area (Å²) in [6.45, 7) is 4.06. The number of hydrogen-bond donors (Lipinski definition) is 2. The zero-order chi connectivity index (χ0) is 24.8. The Balaban J connectivity index is 3.35. The molecule has 1 heterocycles. The van der Waals surface area contributed by atoms with Crippen molar-refractivity contribution in [2.24, 2.45) is 5.11 Å². The zero-order valence-electron chi connectivity index (χ0n) is 19.1. The van der Waals surface area contributed by atoms with Crippen molar-refractivity contribution >= 4 is 23.8 Å². The first kappa shape index (κ1) is 28.1. The molecule has 1 aliphatic rings. The smallest absolute Gasteiger partial charge is 0.308 e. The summed E-state index contributed by atoms with van der Waals surface area (Å²) in [5, 5.41) is 15.5. The lowest BCUT2D eigenvalue weighted by molar-refractivity contribution is -0.271. The summed E-state index contributed by atoms with van der Waals surface area (Å²) in [6, 6.07) is -1.30. The minimum Gasteiger partial charge on any atom is -0.456 e. The second-order valence-corrected chi connectivity index (χ2v) is 7.36. The SMILES string of the molecule is CCCC(=O)OC1O[C@H](CO)[C@@H](OC(=O)CCC)[C@H](OC(=O)CCC)[C@@H]1NC(=O)CN=[N+]=[N-]. The summed E-state index contributed by atoms with van der Waals surface area (Å²) in [7, 11) is 0. The maximum Gasteiger partial charge on any atom is 0.308 e. The van der Waals surface area contributed by atoms with E-state index < -0.39 is 67.6 Å². The van der Waals surface area contributed by atoms with Crippen molar-refractivity contribution in [3.05, 3.63) is 10.4 Å². The summed E-state index contributed by atoms with van der Waals surface area (Å²) >= 11 is 0. The highest BCUT2D eigenvalue weighted by molar-refractivity contribution is 5.79. The molecular formula is C20H32N4O9. The average Bonchev–Trinajstić information content (AvgIpc) is 2.76. The summed E-state index contributed by atoms with van der Waals surface area (Å²) in [5.41, 5.74) is 8.47. The monoisotopic (exact) mass is 472 g/mol. The van der Waals surface area contributed by atoms with Gasteiger partial charge in [-0.05, 0) is 24.8 Å². The van der Waals surface area contributed by atoms with Gasteiger partial charge in [0.25, 0.3) is 0 Å². The minimum atomic E-state index is -1.46. The molecule has 13 nitrogen and oxygen atoms in total. The van der Waals surface area contributed by atoms with Crippen molar-refractivity contribution in [2.45, 2.75) is 89.9 Å². The first-order valence-electron chi connectivity index (χ1n) is 11.0. The highest BCUT2D eigenvalue weighted by atomic mass is 16.7. The average molecular weight is 472 g/mol. The number of nitrogens with one attached hydrogen (secondary N) is 1. The van der Waals surface area contributed by atoms with Gasteiger partial charge in [-0.3, -0.25) is 19.2 Å². The molecule has 0 bridgehead atoms. The van der Waals surface area contributed by atoms with Gasteiger partial charge in [-0.25, -0.2) is 0 Å². The van der Waals surface area contributed by atoms with E-state index in [4.69, 9.17) is 24.5 Å². The molecule has 13 heteroatoms. The van der Waals surface area contributed by atoms with Crippen molar-refractivity contribution in [2.75, 3.05) is 13.2 Å². The molecule has 0 spiro atoms. The van der Waals surface area contributed by atoms with Crippen molar-refractivity contribution in [3.63, 3.8) is 0 Å². The van der Waals surface area contributed by atoms with Gasteiger partial charge in [0.1, 0.15) is 18.7 Å². The lowest BCUT2D eigenvalue weighted by Gasteiger charge is -2.44. The van der Waals surface area contributed by atoms with E-state index in [9.17, 15) is 24.3 Å². The van der Waals surface area contributed by atoms with E-state index >= 15 is 0 Å². The normalized spacial score (nSPS) is 24.2. The molecule has 0 aromatic carbocycles. The van der Waals surface area contributed by atoms with E-state index in [0.29, 0.717) is 19.3 Å². The number of nitrogens with zero attached hydrogens (tertiary/aromatic N) is 3. The van der Waals surface area contributed by atoms with E-state index in [2.05, 4.69) is 15.3 Å². The molecule has 1 saturated heterocycles. The van der Waals surface area contributed by atoms with Crippen LogP contribution >= 0.6 is 0 Å². The summed E-state index contributed by atoms with van der Waals surface area (Å²) in [6.07, 6.45) is -3.71. The number of hydrogen-bond acceptors (Lipinski definition) is 10. The molecule has 1 amide bonds. The van der Waals surface area contributed by atoms with Gasteiger partial charge in [0.05, 0.1) is 6.61 Å². The van der Waals surface area contributed by atoms with Crippen LogP contribution in [0.3, 0.4) is 0 Å². The molecule has 0 aromatic rings. The van der Waals surface area contributed by atoms with Crippen LogP contribution in [-0.2, 0) is 38.1 Å². The third kappa shape index (κ3) is 9.24. The molecule has 1 unspecified atom stereocenters. The highest BCUT2D eigenvalue weighted by Gasteiger charge is 2.52. The maximum absolute atomic E-state index is 12.3. The number of azide groups is 1. The summed E-state index contributed by atoms with van der Waals surface area (Å²) in [4.78, 5) is 51.5. The number of aliphatic hydroxyl groups is 1. The molecule has 0 radical (unpaired) electrons. The van der Waals surface area contributed by atoms with Crippen LogP contribution in [0.1, 0.15) is 59.3 Å². The third-order valence-electron chi connectivity index (χ3n) is 4.58. The topological polar surface area (TPSA) is 186 Å². The molecule has 186 valence electrons. The molecule has 1 fully saturated rings. The predicted molar refractivity (Wildman–Crippen MR) is 112 cm³/mol. The lowest BCUT2D eigenvalue weighted by Crippen LogP contribution is -2.67. The highest BCUT2D eigenvalue weighted by Crippen LogP contribution is 2.28. The van der Waals surface area contributed by atoms with E-state index in [1.807, 2.05) is 0 Å². The van der Waals surface area contributed by atoms with Gasteiger partial charge in [-0.2, -0.15) is 0 Å².